The van der Waals surface area contributed by atoms with Gasteiger partial charge < -0.3 is 5.32 Å². The summed E-state index contributed by atoms with van der Waals surface area (Å²) in [5, 5.41) is 3.24. The van der Waals surface area contributed by atoms with Crippen molar-refractivity contribution in [1.29, 1.82) is 0 Å². The maximum Gasteiger partial charge on any atom is 0.223 e. The number of anilines is 1. The molecular weight excluding hydrogens is 212 g/mol. The highest BCUT2D eigenvalue weighted by atomic mass is 15.1. The molecule has 4 nitrogen and oxygen atoms in total. The van der Waals surface area contributed by atoms with Gasteiger partial charge >= 0.3 is 0 Å². The molecule has 1 atom stereocenters. The maximum atomic E-state index is 4.37. The van der Waals surface area contributed by atoms with Crippen LogP contribution in [0.15, 0.2) is 30.7 Å². The van der Waals surface area contributed by atoms with Crippen LogP contribution in [-0.2, 0) is 0 Å². The predicted molar refractivity (Wildman–Crippen MR) is 67.8 cm³/mol. The summed E-state index contributed by atoms with van der Waals surface area (Å²) >= 11 is 0. The molecule has 0 aliphatic rings. The molecule has 0 aliphatic carbocycles. The van der Waals surface area contributed by atoms with Crippen molar-refractivity contribution < 1.29 is 0 Å². The van der Waals surface area contributed by atoms with Crippen molar-refractivity contribution in [2.45, 2.75) is 26.8 Å². The van der Waals surface area contributed by atoms with Gasteiger partial charge in [0.25, 0.3) is 0 Å². The molecule has 0 aromatic carbocycles. The van der Waals surface area contributed by atoms with Gasteiger partial charge in [-0.1, -0.05) is 6.07 Å². The quantitative estimate of drug-likeness (QED) is 0.877. The Morgan fingerprint density at radius 2 is 1.82 bits per heavy atom. The number of pyridine rings is 1. The predicted octanol–water partition coefficient (Wildman–Crippen LogP) is 2.66. The van der Waals surface area contributed by atoms with E-state index in [1.54, 1.807) is 18.6 Å². The van der Waals surface area contributed by atoms with Crippen LogP contribution in [0.1, 0.15) is 29.8 Å². The summed E-state index contributed by atoms with van der Waals surface area (Å²) in [6.07, 6.45) is 5.40. The van der Waals surface area contributed by atoms with Gasteiger partial charge in [0, 0.05) is 18.6 Å². The van der Waals surface area contributed by atoms with Crippen LogP contribution < -0.4 is 5.32 Å². The van der Waals surface area contributed by atoms with Gasteiger partial charge in [0.05, 0.1) is 11.7 Å². The van der Waals surface area contributed by atoms with Crippen LogP contribution in [-0.4, -0.2) is 15.0 Å². The van der Waals surface area contributed by atoms with Gasteiger partial charge in [0.15, 0.2) is 0 Å². The van der Waals surface area contributed by atoms with E-state index in [1.807, 2.05) is 13.0 Å². The Morgan fingerprint density at radius 3 is 2.47 bits per heavy atom. The first-order valence-electron chi connectivity index (χ1n) is 5.63. The summed E-state index contributed by atoms with van der Waals surface area (Å²) in [7, 11) is 0. The zero-order chi connectivity index (χ0) is 12.3. The molecular formula is C13H16N4. The first kappa shape index (κ1) is 11.5. The number of rotatable bonds is 3. The highest BCUT2D eigenvalue weighted by Crippen LogP contribution is 2.17. The Hall–Kier alpha value is -1.97. The van der Waals surface area contributed by atoms with Crippen LogP contribution in [0, 0.1) is 13.8 Å². The van der Waals surface area contributed by atoms with Gasteiger partial charge in [0.1, 0.15) is 0 Å². The summed E-state index contributed by atoms with van der Waals surface area (Å²) in [4.78, 5) is 12.8. The van der Waals surface area contributed by atoms with E-state index in [0.717, 1.165) is 11.3 Å². The van der Waals surface area contributed by atoms with Crippen LogP contribution in [0.25, 0.3) is 0 Å². The number of hydrogen-bond donors (Lipinski definition) is 1. The molecule has 2 heterocycles. The van der Waals surface area contributed by atoms with E-state index >= 15 is 0 Å². The third-order valence-corrected chi connectivity index (χ3v) is 2.59. The standard InChI is InChI=1S/C13H16N4/c1-9-7-15-13(16-8-9)17-11(3)12-10(2)5-4-6-14-12/h4-8,11H,1-3H3,(H,15,16,17)/t11-/m0/s1. The zero-order valence-electron chi connectivity index (χ0n) is 10.3. The lowest BCUT2D eigenvalue weighted by Crippen LogP contribution is -2.12. The molecule has 17 heavy (non-hydrogen) atoms. The second-order valence-corrected chi connectivity index (χ2v) is 4.16. The third-order valence-electron chi connectivity index (χ3n) is 2.59. The normalized spacial score (nSPS) is 12.2. The SMILES string of the molecule is Cc1cnc(N[C@@H](C)c2ncccc2C)nc1. The third kappa shape index (κ3) is 2.78. The van der Waals surface area contributed by atoms with Crippen molar-refractivity contribution in [2.24, 2.45) is 0 Å². The fourth-order valence-electron chi connectivity index (χ4n) is 1.68. The average Bonchev–Trinajstić information content (AvgIpc) is 2.32. The molecule has 0 radical (unpaired) electrons. The Bertz CT molecular complexity index is 493. The number of aryl methyl sites for hydroxylation is 2. The Morgan fingerprint density at radius 1 is 1.12 bits per heavy atom. The molecule has 88 valence electrons. The lowest BCUT2D eigenvalue weighted by atomic mass is 10.1. The van der Waals surface area contributed by atoms with Crippen molar-refractivity contribution in [1.82, 2.24) is 15.0 Å². The van der Waals surface area contributed by atoms with E-state index in [9.17, 15) is 0 Å². The fraction of sp³-hybridized carbons (Fsp3) is 0.308. The summed E-state index contributed by atoms with van der Waals surface area (Å²) in [6.45, 7) is 6.07. The molecule has 0 saturated heterocycles. The number of nitrogens with zero attached hydrogens (tertiary/aromatic N) is 3. The fourth-order valence-corrected chi connectivity index (χ4v) is 1.68. The summed E-state index contributed by atoms with van der Waals surface area (Å²) in [6, 6.07) is 4.09. The molecule has 0 aliphatic heterocycles. The average molecular weight is 228 g/mol. The zero-order valence-corrected chi connectivity index (χ0v) is 10.3. The lowest BCUT2D eigenvalue weighted by Gasteiger charge is -2.15. The van der Waals surface area contributed by atoms with E-state index < -0.39 is 0 Å². The lowest BCUT2D eigenvalue weighted by molar-refractivity contribution is 0.810. The Balaban J connectivity index is 2.14. The van der Waals surface area contributed by atoms with Crippen LogP contribution in [0.2, 0.25) is 0 Å². The smallest absolute Gasteiger partial charge is 0.223 e. The Labute approximate surface area is 101 Å². The van der Waals surface area contributed by atoms with Gasteiger partial charge in [-0.15, -0.1) is 0 Å². The molecule has 2 aromatic heterocycles. The van der Waals surface area contributed by atoms with Crippen LogP contribution >= 0.6 is 0 Å². The molecule has 0 bridgehead atoms. The van der Waals surface area contributed by atoms with Gasteiger partial charge in [-0.05, 0) is 38.0 Å². The van der Waals surface area contributed by atoms with Gasteiger partial charge in [0.2, 0.25) is 5.95 Å². The molecule has 1 N–H and O–H groups in total. The van der Waals surface area contributed by atoms with Gasteiger partial charge in [-0.3, -0.25) is 4.98 Å². The van der Waals surface area contributed by atoms with E-state index in [0.29, 0.717) is 5.95 Å². The monoisotopic (exact) mass is 228 g/mol. The van der Waals surface area contributed by atoms with Crippen LogP contribution in [0.5, 0.6) is 0 Å². The number of aromatic nitrogens is 3. The van der Waals surface area contributed by atoms with Crippen molar-refractivity contribution in [3.8, 4) is 0 Å². The first-order chi connectivity index (χ1) is 8.16. The highest BCUT2D eigenvalue weighted by molar-refractivity contribution is 5.31. The molecule has 0 amide bonds. The minimum Gasteiger partial charge on any atom is -0.346 e. The molecule has 0 spiro atoms. The van der Waals surface area contributed by atoms with E-state index in [1.165, 1.54) is 5.56 Å². The van der Waals surface area contributed by atoms with Crippen molar-refractivity contribution in [3.05, 3.63) is 47.5 Å². The minimum absolute atomic E-state index is 0.0962. The number of nitrogens with one attached hydrogen (secondary N) is 1. The summed E-state index contributed by atoms with van der Waals surface area (Å²) < 4.78 is 0. The van der Waals surface area contributed by atoms with E-state index in [4.69, 9.17) is 0 Å². The van der Waals surface area contributed by atoms with Gasteiger partial charge in [-0.2, -0.15) is 0 Å². The van der Waals surface area contributed by atoms with Crippen molar-refractivity contribution >= 4 is 5.95 Å². The van der Waals surface area contributed by atoms with Crippen LogP contribution in [0.4, 0.5) is 5.95 Å². The van der Waals surface area contributed by atoms with E-state index in [-0.39, 0.29) is 6.04 Å². The topological polar surface area (TPSA) is 50.7 Å². The second kappa shape index (κ2) is 4.91. The summed E-state index contributed by atoms with van der Waals surface area (Å²) in [5.41, 5.74) is 3.24. The maximum absolute atomic E-state index is 4.37. The van der Waals surface area contributed by atoms with Crippen molar-refractivity contribution in [3.63, 3.8) is 0 Å². The van der Waals surface area contributed by atoms with Gasteiger partial charge in [-0.25, -0.2) is 9.97 Å². The summed E-state index contributed by atoms with van der Waals surface area (Å²) in [5.74, 6) is 0.633. The minimum atomic E-state index is 0.0962. The highest BCUT2D eigenvalue weighted by Gasteiger charge is 2.10. The molecule has 2 rings (SSSR count). The molecule has 0 saturated carbocycles. The molecule has 4 heteroatoms. The molecule has 0 unspecified atom stereocenters. The largest absolute Gasteiger partial charge is 0.346 e. The Kier molecular flexibility index (Phi) is 3.32. The van der Waals surface area contributed by atoms with Crippen molar-refractivity contribution in [2.75, 3.05) is 5.32 Å². The molecule has 0 fully saturated rings. The number of hydrogen-bond acceptors (Lipinski definition) is 4. The second-order valence-electron chi connectivity index (χ2n) is 4.16. The first-order valence-corrected chi connectivity index (χ1v) is 5.63. The molecule has 2 aromatic rings. The van der Waals surface area contributed by atoms with Crippen LogP contribution in [0.3, 0.4) is 0 Å². The van der Waals surface area contributed by atoms with E-state index in [2.05, 4.69) is 40.2 Å².